The second-order valence-electron chi connectivity index (χ2n) is 7.05. The molecule has 1 aromatic carbocycles. The smallest absolute Gasteiger partial charge is 0.195 e. The van der Waals surface area contributed by atoms with Crippen molar-refractivity contribution >= 4 is 43.4 Å². The van der Waals surface area contributed by atoms with Gasteiger partial charge in [-0.1, -0.05) is 11.6 Å². The van der Waals surface area contributed by atoms with E-state index in [1.807, 2.05) is 16.7 Å². The van der Waals surface area contributed by atoms with Crippen LogP contribution in [0.25, 0.3) is 21.9 Å². The maximum atomic E-state index is 12.2. The Balaban J connectivity index is 1.74. The number of imidazole rings is 1. The van der Waals surface area contributed by atoms with Crippen molar-refractivity contribution in [3.05, 3.63) is 47.5 Å². The first-order valence-corrected chi connectivity index (χ1v) is 11.9. The van der Waals surface area contributed by atoms with Gasteiger partial charge in [-0.25, -0.2) is 13.4 Å². The van der Waals surface area contributed by atoms with Gasteiger partial charge in [-0.2, -0.15) is 5.10 Å². The van der Waals surface area contributed by atoms with Crippen molar-refractivity contribution in [2.45, 2.75) is 18.1 Å². The molecule has 0 radical (unpaired) electrons. The van der Waals surface area contributed by atoms with E-state index in [0.717, 1.165) is 17.3 Å². The molecule has 0 atom stereocenters. The molecule has 3 aromatic heterocycles. The van der Waals surface area contributed by atoms with Gasteiger partial charge in [0, 0.05) is 36.5 Å². The van der Waals surface area contributed by atoms with E-state index in [9.17, 15) is 8.42 Å². The van der Waals surface area contributed by atoms with Crippen molar-refractivity contribution in [3.8, 4) is 0 Å². The molecule has 4 aromatic rings. The molecule has 9 nitrogen and oxygen atoms in total. The van der Waals surface area contributed by atoms with Crippen LogP contribution in [-0.2, 0) is 32.4 Å². The van der Waals surface area contributed by atoms with Gasteiger partial charge in [-0.3, -0.25) is 9.67 Å². The predicted molar refractivity (Wildman–Crippen MR) is 117 cm³/mol. The van der Waals surface area contributed by atoms with Gasteiger partial charge < -0.3 is 14.0 Å². The summed E-state index contributed by atoms with van der Waals surface area (Å²) in [6.45, 7) is 2.32. The molecule has 0 N–H and O–H groups in total. The molecule has 0 bridgehead atoms. The summed E-state index contributed by atoms with van der Waals surface area (Å²) in [5, 5.41) is 5.52. The number of hydrogen-bond acceptors (Lipinski definition) is 7. The molecule has 0 fully saturated rings. The molecule has 4 rings (SSSR count). The molecular formula is C20H22ClN5O4S. The van der Waals surface area contributed by atoms with Crippen LogP contribution >= 0.6 is 11.6 Å². The molecular weight excluding hydrogens is 442 g/mol. The van der Waals surface area contributed by atoms with Crippen LogP contribution in [0.1, 0.15) is 5.82 Å². The predicted octanol–water partition coefficient (Wildman–Crippen LogP) is 2.55. The Hall–Kier alpha value is -2.53. The summed E-state index contributed by atoms with van der Waals surface area (Å²) >= 11 is 6.15. The Morgan fingerprint density at radius 1 is 1.13 bits per heavy atom. The van der Waals surface area contributed by atoms with E-state index >= 15 is 0 Å². The number of aromatic nitrogens is 5. The normalized spacial score (nSPS) is 12.2. The molecule has 3 heterocycles. The highest BCUT2D eigenvalue weighted by Crippen LogP contribution is 2.25. The number of benzene rings is 1. The van der Waals surface area contributed by atoms with Gasteiger partial charge in [0.2, 0.25) is 0 Å². The molecule has 0 unspecified atom stereocenters. The highest BCUT2D eigenvalue weighted by Gasteiger charge is 2.20. The number of nitrogens with zero attached hydrogens (tertiary/aromatic N) is 5. The second kappa shape index (κ2) is 8.91. The molecule has 0 aliphatic rings. The van der Waals surface area contributed by atoms with Crippen molar-refractivity contribution in [2.24, 2.45) is 0 Å². The van der Waals surface area contributed by atoms with Crippen molar-refractivity contribution < 1.29 is 17.9 Å². The summed E-state index contributed by atoms with van der Waals surface area (Å²) in [6.07, 6.45) is 4.31. The van der Waals surface area contributed by atoms with Gasteiger partial charge >= 0.3 is 0 Å². The van der Waals surface area contributed by atoms with E-state index in [1.165, 1.54) is 0 Å². The molecule has 164 valence electrons. The molecule has 0 spiro atoms. The monoisotopic (exact) mass is 463 g/mol. The third-order valence-corrected chi connectivity index (χ3v) is 6.08. The van der Waals surface area contributed by atoms with Gasteiger partial charge in [0.05, 0.1) is 49.1 Å². The van der Waals surface area contributed by atoms with E-state index in [1.54, 1.807) is 36.3 Å². The zero-order chi connectivity index (χ0) is 22.0. The van der Waals surface area contributed by atoms with E-state index < -0.39 is 9.84 Å². The fourth-order valence-corrected chi connectivity index (χ4v) is 4.43. The average Bonchev–Trinajstić information content (AvgIpc) is 3.26. The minimum atomic E-state index is -3.50. The molecule has 0 aliphatic heterocycles. The Labute approximate surface area is 184 Å². The summed E-state index contributed by atoms with van der Waals surface area (Å²) in [5.74, 6) is 0.709. The third-order valence-electron chi connectivity index (χ3n) is 4.84. The van der Waals surface area contributed by atoms with E-state index in [4.69, 9.17) is 26.1 Å². The van der Waals surface area contributed by atoms with E-state index in [-0.39, 0.29) is 11.6 Å². The third kappa shape index (κ3) is 4.57. The first-order valence-electron chi connectivity index (χ1n) is 9.60. The van der Waals surface area contributed by atoms with Crippen molar-refractivity contribution in [3.63, 3.8) is 0 Å². The lowest BCUT2D eigenvalue weighted by Crippen LogP contribution is -2.14. The highest BCUT2D eigenvalue weighted by molar-refractivity contribution is 7.90. The van der Waals surface area contributed by atoms with E-state index in [2.05, 4.69) is 10.1 Å². The lowest BCUT2D eigenvalue weighted by Gasteiger charge is -2.10. The van der Waals surface area contributed by atoms with Gasteiger partial charge in [0.1, 0.15) is 5.82 Å². The Bertz CT molecular complexity index is 1330. The number of ether oxygens (including phenoxy) is 2. The molecule has 31 heavy (non-hydrogen) atoms. The number of hydrogen-bond donors (Lipinski definition) is 0. The number of pyridine rings is 1. The second-order valence-corrected chi connectivity index (χ2v) is 9.41. The van der Waals surface area contributed by atoms with Crippen LogP contribution in [0, 0.1) is 0 Å². The molecule has 0 saturated heterocycles. The number of methoxy groups -OCH3 is 1. The summed E-state index contributed by atoms with van der Waals surface area (Å²) in [5.41, 5.74) is 2.28. The van der Waals surface area contributed by atoms with Crippen LogP contribution in [0.15, 0.2) is 41.7 Å². The Morgan fingerprint density at radius 3 is 2.74 bits per heavy atom. The maximum absolute atomic E-state index is 12.2. The SMILES string of the molecule is COCCOCCn1c(Cn2nc(S(C)(=O)=O)c3ccncc32)nc2cc(Cl)ccc21. The van der Waals surface area contributed by atoms with Crippen molar-refractivity contribution in [1.82, 2.24) is 24.3 Å². The van der Waals surface area contributed by atoms with Gasteiger partial charge in [-0.05, 0) is 24.3 Å². The summed E-state index contributed by atoms with van der Waals surface area (Å²) in [7, 11) is -1.87. The molecule has 11 heteroatoms. The Morgan fingerprint density at radius 2 is 1.97 bits per heavy atom. The van der Waals surface area contributed by atoms with Crippen LogP contribution in [0.4, 0.5) is 0 Å². The average molecular weight is 464 g/mol. The number of sulfone groups is 1. The first kappa shape index (κ1) is 21.7. The number of fused-ring (bicyclic) bond motifs is 2. The van der Waals surface area contributed by atoms with E-state index in [0.29, 0.717) is 48.1 Å². The van der Waals surface area contributed by atoms with Crippen LogP contribution in [0.3, 0.4) is 0 Å². The van der Waals surface area contributed by atoms with Gasteiger partial charge in [-0.15, -0.1) is 0 Å². The molecule has 0 aliphatic carbocycles. The van der Waals surface area contributed by atoms with Crippen molar-refractivity contribution in [1.29, 1.82) is 0 Å². The standard InChI is InChI=1S/C20H22ClN5O4S/c1-29-9-10-30-8-7-25-17-4-3-14(21)11-16(17)23-19(25)13-26-18-12-22-6-5-15(18)20(24-26)31(2,27)28/h3-6,11-12H,7-10,13H2,1-2H3. The molecule has 0 saturated carbocycles. The lowest BCUT2D eigenvalue weighted by molar-refractivity contribution is 0.0667. The first-order chi connectivity index (χ1) is 14.9. The number of halogens is 1. The highest BCUT2D eigenvalue weighted by atomic mass is 35.5. The fraction of sp³-hybridized carbons (Fsp3) is 0.350. The van der Waals surface area contributed by atoms with Gasteiger partial charge in [0.15, 0.2) is 14.9 Å². The minimum Gasteiger partial charge on any atom is -0.382 e. The maximum Gasteiger partial charge on any atom is 0.195 e. The van der Waals surface area contributed by atoms with Crippen LogP contribution in [-0.4, -0.2) is 65.9 Å². The van der Waals surface area contributed by atoms with Crippen LogP contribution in [0.2, 0.25) is 5.02 Å². The topological polar surface area (TPSA) is 101 Å². The summed E-state index contributed by atoms with van der Waals surface area (Å²) in [4.78, 5) is 8.86. The fourth-order valence-electron chi connectivity index (χ4n) is 3.44. The molecule has 0 amide bonds. The minimum absolute atomic E-state index is 0.0264. The quantitative estimate of drug-likeness (QED) is 0.351. The van der Waals surface area contributed by atoms with Crippen molar-refractivity contribution in [2.75, 3.05) is 33.2 Å². The summed E-state index contributed by atoms with van der Waals surface area (Å²) in [6, 6.07) is 7.18. The van der Waals surface area contributed by atoms with Gasteiger partial charge in [0.25, 0.3) is 0 Å². The Kier molecular flexibility index (Phi) is 6.24. The zero-order valence-electron chi connectivity index (χ0n) is 17.2. The number of rotatable bonds is 9. The van der Waals surface area contributed by atoms with Crippen LogP contribution in [0.5, 0.6) is 0 Å². The summed E-state index contributed by atoms with van der Waals surface area (Å²) < 4.78 is 38.7. The van der Waals surface area contributed by atoms with Crippen LogP contribution < -0.4 is 0 Å². The lowest BCUT2D eigenvalue weighted by atomic mass is 10.3. The zero-order valence-corrected chi connectivity index (χ0v) is 18.7. The largest absolute Gasteiger partial charge is 0.382 e.